The average molecular weight is 369 g/mol. The van der Waals surface area contributed by atoms with E-state index in [1.165, 1.54) is 18.5 Å². The van der Waals surface area contributed by atoms with Gasteiger partial charge in [-0.2, -0.15) is 4.98 Å². The molecule has 3 aromatic rings. The smallest absolute Gasteiger partial charge is 0.379 e. The van der Waals surface area contributed by atoms with E-state index in [-0.39, 0.29) is 5.82 Å². The van der Waals surface area contributed by atoms with Crippen LogP contribution in [0.3, 0.4) is 0 Å². The number of anilines is 1. The molecule has 0 spiro atoms. The first kappa shape index (κ1) is 18.3. The van der Waals surface area contributed by atoms with E-state index in [4.69, 9.17) is 9.47 Å². The van der Waals surface area contributed by atoms with Gasteiger partial charge in [0.25, 0.3) is 17.5 Å². The second-order valence-electron chi connectivity index (χ2n) is 5.92. The lowest BCUT2D eigenvalue weighted by molar-refractivity contribution is -0.123. The largest absolute Gasteiger partial charge is 0.495 e. The first-order valence-electron chi connectivity index (χ1n) is 8.25. The second-order valence-corrected chi connectivity index (χ2v) is 5.92. The van der Waals surface area contributed by atoms with Crippen molar-refractivity contribution in [3.63, 3.8) is 0 Å². The predicted octanol–water partition coefficient (Wildman–Crippen LogP) is 1.93. The summed E-state index contributed by atoms with van der Waals surface area (Å²) >= 11 is 0. The first-order chi connectivity index (χ1) is 12.9. The molecule has 0 saturated carbocycles. The predicted molar refractivity (Wildman–Crippen MR) is 96.8 cm³/mol. The fourth-order valence-electron chi connectivity index (χ4n) is 2.50. The highest BCUT2D eigenvalue weighted by Crippen LogP contribution is 2.23. The third kappa shape index (κ3) is 3.86. The Bertz CT molecular complexity index is 1010. The zero-order valence-electron chi connectivity index (χ0n) is 15.4. The summed E-state index contributed by atoms with van der Waals surface area (Å²) in [5, 5.41) is 6.76. The van der Waals surface area contributed by atoms with Gasteiger partial charge in [-0.3, -0.25) is 4.79 Å². The van der Waals surface area contributed by atoms with Gasteiger partial charge in [0.2, 0.25) is 0 Å². The number of ether oxygens (including phenoxy) is 2. The molecule has 27 heavy (non-hydrogen) atoms. The lowest BCUT2D eigenvalue weighted by atomic mass is 10.2. The minimum Gasteiger partial charge on any atom is -0.495 e. The summed E-state index contributed by atoms with van der Waals surface area (Å²) in [7, 11) is 1.50. The van der Waals surface area contributed by atoms with E-state index in [2.05, 4.69) is 20.4 Å². The maximum absolute atomic E-state index is 12.3. The van der Waals surface area contributed by atoms with Gasteiger partial charge in [-0.15, -0.1) is 5.10 Å². The topological polar surface area (TPSA) is 108 Å². The highest BCUT2D eigenvalue weighted by Gasteiger charge is 2.23. The van der Waals surface area contributed by atoms with Gasteiger partial charge in [-0.25, -0.2) is 14.3 Å². The third-order valence-electron chi connectivity index (χ3n) is 3.82. The Kier molecular flexibility index (Phi) is 5.02. The number of fused-ring (bicyclic) bond motifs is 1. The number of benzene rings is 1. The Hall–Kier alpha value is -3.49. The number of esters is 1. The van der Waals surface area contributed by atoms with Crippen LogP contribution in [-0.4, -0.2) is 44.7 Å². The van der Waals surface area contributed by atoms with Crippen LogP contribution >= 0.6 is 0 Å². The molecule has 1 atom stereocenters. The Labute approximate surface area is 155 Å². The standard InChI is InChI=1S/C18H19N5O4/c1-10-9-11(2)23-18(19-10)21-15(22-23)17(25)27-12(3)16(24)20-13-7-5-6-8-14(13)26-4/h5-9,12H,1-4H3,(H,20,24)/t12-/m0/s1. The van der Waals surface area contributed by atoms with Crippen LogP contribution in [0, 0.1) is 13.8 Å². The molecular formula is C18H19N5O4. The van der Waals surface area contributed by atoms with Crippen LogP contribution in [0.5, 0.6) is 5.75 Å². The molecular weight excluding hydrogens is 350 g/mol. The van der Waals surface area contributed by atoms with Gasteiger partial charge >= 0.3 is 5.97 Å². The van der Waals surface area contributed by atoms with Crippen LogP contribution in [-0.2, 0) is 9.53 Å². The number of aryl methyl sites for hydroxylation is 2. The van der Waals surface area contributed by atoms with E-state index in [0.29, 0.717) is 17.2 Å². The molecule has 0 fully saturated rings. The fraction of sp³-hybridized carbons (Fsp3) is 0.278. The van der Waals surface area contributed by atoms with Crippen LogP contribution < -0.4 is 10.1 Å². The SMILES string of the molecule is COc1ccccc1NC(=O)[C@H](C)OC(=O)c1nc2nc(C)cc(C)n2n1. The summed E-state index contributed by atoms with van der Waals surface area (Å²) in [6.07, 6.45) is -1.05. The molecule has 2 heterocycles. The minimum atomic E-state index is -1.05. The third-order valence-corrected chi connectivity index (χ3v) is 3.82. The Balaban J connectivity index is 1.71. The van der Waals surface area contributed by atoms with Gasteiger partial charge in [-0.1, -0.05) is 12.1 Å². The van der Waals surface area contributed by atoms with E-state index < -0.39 is 18.0 Å². The summed E-state index contributed by atoms with van der Waals surface area (Å²) < 4.78 is 11.8. The summed E-state index contributed by atoms with van der Waals surface area (Å²) in [6, 6.07) is 8.76. The van der Waals surface area contributed by atoms with Gasteiger partial charge in [0, 0.05) is 11.4 Å². The van der Waals surface area contributed by atoms with Gasteiger partial charge in [0.05, 0.1) is 12.8 Å². The lowest BCUT2D eigenvalue weighted by Crippen LogP contribution is -2.30. The van der Waals surface area contributed by atoms with Crippen molar-refractivity contribution < 1.29 is 19.1 Å². The summed E-state index contributed by atoms with van der Waals surface area (Å²) in [4.78, 5) is 32.9. The van der Waals surface area contributed by atoms with Crippen molar-refractivity contribution in [2.45, 2.75) is 26.9 Å². The quantitative estimate of drug-likeness (QED) is 0.685. The van der Waals surface area contributed by atoms with Crippen LogP contribution in [0.25, 0.3) is 5.78 Å². The summed E-state index contributed by atoms with van der Waals surface area (Å²) in [6.45, 7) is 5.12. The molecule has 0 bridgehead atoms. The number of rotatable bonds is 5. The first-order valence-corrected chi connectivity index (χ1v) is 8.25. The van der Waals surface area contributed by atoms with E-state index in [9.17, 15) is 9.59 Å². The second kappa shape index (κ2) is 7.40. The molecule has 1 amide bonds. The van der Waals surface area contributed by atoms with Crippen molar-refractivity contribution in [2.24, 2.45) is 0 Å². The molecule has 3 rings (SSSR count). The lowest BCUT2D eigenvalue weighted by Gasteiger charge is -2.14. The molecule has 0 saturated heterocycles. The van der Waals surface area contributed by atoms with Crippen molar-refractivity contribution in [1.82, 2.24) is 19.6 Å². The fourth-order valence-corrected chi connectivity index (χ4v) is 2.50. The number of carbonyl (C=O) groups excluding carboxylic acids is 2. The van der Waals surface area contributed by atoms with E-state index in [0.717, 1.165) is 11.4 Å². The average Bonchev–Trinajstić information content (AvgIpc) is 3.06. The van der Waals surface area contributed by atoms with Crippen molar-refractivity contribution in [3.8, 4) is 5.75 Å². The number of nitrogens with zero attached hydrogens (tertiary/aromatic N) is 4. The molecule has 0 unspecified atom stereocenters. The molecule has 2 aromatic heterocycles. The molecule has 0 aliphatic carbocycles. The summed E-state index contributed by atoms with van der Waals surface area (Å²) in [5.41, 5.74) is 2.02. The van der Waals surface area contributed by atoms with Crippen LogP contribution in [0.2, 0.25) is 0 Å². The zero-order valence-corrected chi connectivity index (χ0v) is 15.4. The van der Waals surface area contributed by atoms with Gasteiger partial charge in [0.1, 0.15) is 5.75 Å². The number of hydrogen-bond donors (Lipinski definition) is 1. The number of hydrogen-bond acceptors (Lipinski definition) is 7. The van der Waals surface area contributed by atoms with E-state index in [1.807, 2.05) is 19.9 Å². The van der Waals surface area contributed by atoms with E-state index in [1.54, 1.807) is 24.3 Å². The molecule has 0 aliphatic rings. The van der Waals surface area contributed by atoms with Gasteiger partial charge in [0.15, 0.2) is 6.10 Å². The number of nitrogens with one attached hydrogen (secondary N) is 1. The van der Waals surface area contributed by atoms with Gasteiger partial charge < -0.3 is 14.8 Å². The number of para-hydroxylation sites is 2. The molecule has 0 aliphatic heterocycles. The van der Waals surface area contributed by atoms with E-state index >= 15 is 0 Å². The number of aromatic nitrogens is 4. The van der Waals surface area contributed by atoms with Gasteiger partial charge in [-0.05, 0) is 39.0 Å². The van der Waals surface area contributed by atoms with Crippen molar-refractivity contribution in [3.05, 3.63) is 47.5 Å². The van der Waals surface area contributed by atoms with Crippen molar-refractivity contribution in [1.29, 1.82) is 0 Å². The van der Waals surface area contributed by atoms with Crippen molar-refractivity contribution >= 4 is 23.3 Å². The molecule has 1 N–H and O–H groups in total. The molecule has 9 heteroatoms. The molecule has 1 aromatic carbocycles. The summed E-state index contributed by atoms with van der Waals surface area (Å²) in [5.74, 6) is -0.663. The highest BCUT2D eigenvalue weighted by molar-refractivity contribution is 5.97. The van der Waals surface area contributed by atoms with Crippen molar-refractivity contribution in [2.75, 3.05) is 12.4 Å². The van der Waals surface area contributed by atoms with Crippen LogP contribution in [0.4, 0.5) is 5.69 Å². The Morgan fingerprint density at radius 1 is 1.19 bits per heavy atom. The maximum Gasteiger partial charge on any atom is 0.379 e. The molecule has 9 nitrogen and oxygen atoms in total. The Morgan fingerprint density at radius 3 is 2.67 bits per heavy atom. The normalized spacial score (nSPS) is 11.9. The minimum absolute atomic E-state index is 0.159. The number of carbonyl (C=O) groups is 2. The van der Waals surface area contributed by atoms with Crippen LogP contribution in [0.1, 0.15) is 28.9 Å². The monoisotopic (exact) mass is 369 g/mol. The molecule has 0 radical (unpaired) electrons. The number of amides is 1. The molecule has 140 valence electrons. The maximum atomic E-state index is 12.3. The van der Waals surface area contributed by atoms with Crippen LogP contribution in [0.15, 0.2) is 30.3 Å². The highest BCUT2D eigenvalue weighted by atomic mass is 16.5. The number of methoxy groups -OCH3 is 1. The zero-order chi connectivity index (χ0) is 19.6. The Morgan fingerprint density at radius 2 is 1.93 bits per heavy atom.